The first kappa shape index (κ1) is 48.3. The fourth-order valence-electron chi connectivity index (χ4n) is 12.3. The summed E-state index contributed by atoms with van der Waals surface area (Å²) in [5, 5.41) is 10.4. The highest BCUT2D eigenvalue weighted by atomic mass is 15.0. The van der Waals surface area contributed by atoms with Gasteiger partial charge in [-0.25, -0.2) is 0 Å². The van der Waals surface area contributed by atoms with Crippen molar-refractivity contribution in [1.82, 2.24) is 18.3 Å². The van der Waals surface area contributed by atoms with Gasteiger partial charge < -0.3 is 18.3 Å². The number of rotatable bonds is 10. The minimum Gasteiger partial charge on any atom is -0.309 e. The second kappa shape index (κ2) is 20.6. The summed E-state index contributed by atoms with van der Waals surface area (Å²) in [6.45, 7) is 13.0. The first-order valence-electron chi connectivity index (χ1n) is 27.7. The average molecular weight is 987 g/mol. The lowest BCUT2D eigenvalue weighted by atomic mass is 10.0. The number of fused-ring (bicyclic) bond motifs is 14. The van der Waals surface area contributed by atoms with Crippen LogP contribution in [0, 0.1) is 13.8 Å². The average Bonchev–Trinajstić information content (AvgIpc) is 4.39. The number of unbranched alkanes of at least 4 members (excludes halogenated alkanes) is 2. The lowest BCUT2D eigenvalue weighted by molar-refractivity contribution is 0.794. The van der Waals surface area contributed by atoms with Crippen LogP contribution in [0.15, 0.2) is 218 Å². The number of hydrogen-bond acceptors (Lipinski definition) is 0. The van der Waals surface area contributed by atoms with Crippen LogP contribution in [0.2, 0.25) is 0 Å². The normalized spacial score (nSPS) is 11.6. The molecule has 4 heteroatoms. The van der Waals surface area contributed by atoms with Gasteiger partial charge in [0.2, 0.25) is 0 Å². The number of aryl methyl sites for hydroxylation is 4. The van der Waals surface area contributed by atoms with Crippen molar-refractivity contribution in [3.05, 3.63) is 241 Å². The van der Waals surface area contributed by atoms with E-state index in [2.05, 4.69) is 264 Å². The fraction of sp³-hybridized carbons (Fsp3) is 0.167. The maximum Gasteiger partial charge on any atom is 0.0641 e. The Hall–Kier alpha value is -8.60. The van der Waals surface area contributed by atoms with Crippen molar-refractivity contribution in [3.8, 4) is 22.7 Å². The van der Waals surface area contributed by atoms with Crippen LogP contribution >= 0.6 is 0 Å². The number of hydrogen-bond donors (Lipinski definition) is 0. The van der Waals surface area contributed by atoms with Crippen LogP contribution in [0.1, 0.15) is 75.6 Å². The van der Waals surface area contributed by atoms with Gasteiger partial charge in [0.25, 0.3) is 0 Å². The predicted molar refractivity (Wildman–Crippen MR) is 328 cm³/mol. The Morgan fingerprint density at radius 3 is 1.01 bits per heavy atom. The Balaban J connectivity index is 0.000000148. The Bertz CT molecular complexity index is 4120. The van der Waals surface area contributed by atoms with E-state index in [1.807, 2.05) is 13.8 Å². The first-order chi connectivity index (χ1) is 37.5. The molecule has 0 fully saturated rings. The van der Waals surface area contributed by atoms with E-state index in [1.165, 1.54) is 158 Å². The van der Waals surface area contributed by atoms with Crippen molar-refractivity contribution in [2.45, 2.75) is 80.1 Å². The Kier molecular flexibility index (Phi) is 13.1. The first-order valence-corrected chi connectivity index (χ1v) is 27.7. The van der Waals surface area contributed by atoms with Gasteiger partial charge in [0.05, 0.1) is 44.1 Å². The summed E-state index contributed by atoms with van der Waals surface area (Å²) in [7, 11) is 0. The summed E-state index contributed by atoms with van der Waals surface area (Å²) < 4.78 is 9.85. The number of nitrogens with zero attached hydrogens (tertiary/aromatic N) is 4. The molecule has 0 aliphatic heterocycles. The molecule has 14 aromatic rings. The van der Waals surface area contributed by atoms with E-state index in [4.69, 9.17) is 0 Å². The van der Waals surface area contributed by atoms with E-state index in [1.54, 1.807) is 0 Å². The van der Waals surface area contributed by atoms with Crippen molar-refractivity contribution in [2.75, 3.05) is 0 Å². The third-order valence-corrected chi connectivity index (χ3v) is 15.4. The second-order valence-corrected chi connectivity index (χ2v) is 20.4. The molecule has 4 heterocycles. The molecule has 0 aliphatic carbocycles. The van der Waals surface area contributed by atoms with Crippen LogP contribution in [0.4, 0.5) is 0 Å². The minimum atomic E-state index is 1.12. The smallest absolute Gasteiger partial charge is 0.0641 e. The molecule has 0 aliphatic rings. The molecule has 4 nitrogen and oxygen atoms in total. The molecule has 0 amide bonds. The van der Waals surface area contributed by atoms with E-state index in [0.717, 1.165) is 12.8 Å². The third kappa shape index (κ3) is 8.24. The molecule has 14 rings (SSSR count). The molecule has 0 bridgehead atoms. The molecule has 0 saturated heterocycles. The third-order valence-electron chi connectivity index (χ3n) is 15.4. The van der Waals surface area contributed by atoms with Gasteiger partial charge in [-0.15, -0.1) is 0 Å². The summed E-state index contributed by atoms with van der Waals surface area (Å²) in [6.07, 6.45) is 7.07. The Morgan fingerprint density at radius 1 is 0.289 bits per heavy atom. The van der Waals surface area contributed by atoms with Gasteiger partial charge in [-0.1, -0.05) is 174 Å². The molecule has 0 N–H and O–H groups in total. The predicted octanol–water partition coefficient (Wildman–Crippen LogP) is 20.1. The molecule has 0 atom stereocenters. The lowest BCUT2D eigenvalue weighted by Gasteiger charge is -2.13. The van der Waals surface area contributed by atoms with Gasteiger partial charge in [-0.3, -0.25) is 0 Å². The molecule has 4 aromatic heterocycles. The Labute approximate surface area is 446 Å². The highest BCUT2D eigenvalue weighted by molar-refractivity contribution is 6.27. The molecule has 10 aromatic carbocycles. The van der Waals surface area contributed by atoms with Gasteiger partial charge in [0, 0.05) is 65.8 Å². The topological polar surface area (TPSA) is 19.7 Å². The van der Waals surface area contributed by atoms with Gasteiger partial charge in [-0.05, 0) is 147 Å². The van der Waals surface area contributed by atoms with Crippen molar-refractivity contribution >= 4 is 87.2 Å². The van der Waals surface area contributed by atoms with Crippen LogP contribution in [0.25, 0.3) is 110 Å². The van der Waals surface area contributed by atoms with E-state index in [-0.39, 0.29) is 0 Å². The molecule has 374 valence electrons. The van der Waals surface area contributed by atoms with Crippen molar-refractivity contribution in [1.29, 1.82) is 0 Å². The van der Waals surface area contributed by atoms with Crippen molar-refractivity contribution in [2.24, 2.45) is 0 Å². The standard InChI is InChI=1S/2C35H30N2.C2H6/c2*1-3-4-12-25-21-24(2)22-27(23-25)37-31-17-10-8-15-28(31)29-19-20-33-34(35(29)37)30-16-9-11-18-32(30)36(33)26-13-6-5-7-14-26;1-2/h2*5-11,13-23H,3-4,12H2,1-2H3;1-2H3. The number of aromatic nitrogens is 4. The minimum absolute atomic E-state index is 1.12. The fourth-order valence-corrected chi connectivity index (χ4v) is 12.3. The van der Waals surface area contributed by atoms with E-state index in [9.17, 15) is 0 Å². The van der Waals surface area contributed by atoms with Crippen molar-refractivity contribution < 1.29 is 0 Å². The van der Waals surface area contributed by atoms with Crippen LogP contribution in [0.3, 0.4) is 0 Å². The van der Waals surface area contributed by atoms with Crippen LogP contribution < -0.4 is 0 Å². The maximum absolute atomic E-state index is 2.51. The van der Waals surface area contributed by atoms with E-state index in [0.29, 0.717) is 0 Å². The number of para-hydroxylation sites is 6. The van der Waals surface area contributed by atoms with Crippen LogP contribution in [0.5, 0.6) is 0 Å². The molecule has 0 unspecified atom stereocenters. The monoisotopic (exact) mass is 987 g/mol. The van der Waals surface area contributed by atoms with Gasteiger partial charge >= 0.3 is 0 Å². The van der Waals surface area contributed by atoms with Crippen molar-refractivity contribution in [3.63, 3.8) is 0 Å². The summed E-state index contributed by atoms with van der Waals surface area (Å²) in [4.78, 5) is 0. The van der Waals surface area contributed by atoms with Gasteiger partial charge in [0.1, 0.15) is 0 Å². The summed E-state index contributed by atoms with van der Waals surface area (Å²) in [5.74, 6) is 0. The second-order valence-electron chi connectivity index (χ2n) is 20.4. The summed E-state index contributed by atoms with van der Waals surface area (Å²) >= 11 is 0. The maximum atomic E-state index is 2.51. The lowest BCUT2D eigenvalue weighted by Crippen LogP contribution is -1.98. The van der Waals surface area contributed by atoms with Gasteiger partial charge in [0.15, 0.2) is 0 Å². The molecule has 0 saturated carbocycles. The molecule has 0 spiro atoms. The van der Waals surface area contributed by atoms with Gasteiger partial charge in [-0.2, -0.15) is 0 Å². The van der Waals surface area contributed by atoms with Crippen LogP contribution in [-0.2, 0) is 12.8 Å². The zero-order valence-electron chi connectivity index (χ0n) is 44.8. The highest BCUT2D eigenvalue weighted by Crippen LogP contribution is 2.44. The molecule has 0 radical (unpaired) electrons. The summed E-state index contributed by atoms with van der Waals surface area (Å²) in [6, 6.07) is 80.3. The van der Waals surface area contributed by atoms with E-state index < -0.39 is 0 Å². The highest BCUT2D eigenvalue weighted by Gasteiger charge is 2.23. The molecular formula is C72H66N4. The molecular weight excluding hydrogens is 921 g/mol. The Morgan fingerprint density at radius 2 is 0.632 bits per heavy atom. The van der Waals surface area contributed by atoms with Crippen LogP contribution in [-0.4, -0.2) is 18.3 Å². The molecule has 76 heavy (non-hydrogen) atoms. The zero-order chi connectivity index (χ0) is 51.9. The largest absolute Gasteiger partial charge is 0.309 e. The quantitative estimate of drug-likeness (QED) is 0.130. The van der Waals surface area contributed by atoms with E-state index >= 15 is 0 Å². The SMILES string of the molecule is CC.CCCCc1cc(C)cc(-n2c3ccccc3c3ccc4c(c5ccccc5n4-c4ccccc4)c32)c1.CCCCc1cc(C)cc(-n2c3ccccc3c3ccc4c(c5ccccc5n4-c4ccccc4)c32)c1. The zero-order valence-corrected chi connectivity index (χ0v) is 44.8. The summed E-state index contributed by atoms with van der Waals surface area (Å²) in [5.41, 5.74) is 20.4. The number of benzene rings is 10.